The molecule has 260 valence electrons. The van der Waals surface area contributed by atoms with Crippen LogP contribution in [-0.4, -0.2) is 19.5 Å². The largest absolute Gasteiger partial charge is 0.456 e. The number of nitrogens with zero attached hydrogens (tertiary/aromatic N) is 4. The lowest BCUT2D eigenvalue weighted by molar-refractivity contribution is 0.669. The number of fused-ring (bicyclic) bond motifs is 12. The Morgan fingerprint density at radius 2 is 0.804 bits per heavy atom. The summed E-state index contributed by atoms with van der Waals surface area (Å²) in [5, 5.41) is 12.0. The van der Waals surface area contributed by atoms with Crippen molar-refractivity contribution >= 4 is 76.1 Å². The minimum Gasteiger partial charge on any atom is -0.456 e. The van der Waals surface area contributed by atoms with Crippen LogP contribution in [0.25, 0.3) is 116 Å². The van der Waals surface area contributed by atoms with Crippen molar-refractivity contribution in [3.05, 3.63) is 182 Å². The zero-order chi connectivity index (χ0) is 36.7. The van der Waals surface area contributed by atoms with Crippen LogP contribution in [-0.2, 0) is 0 Å². The average molecular weight is 715 g/mol. The molecule has 0 atom stereocenters. The van der Waals surface area contributed by atoms with Crippen molar-refractivity contribution in [3.63, 3.8) is 0 Å². The first-order valence-electron chi connectivity index (χ1n) is 18.9. The van der Waals surface area contributed by atoms with E-state index in [4.69, 9.17) is 19.4 Å². The molecule has 0 bridgehead atoms. The van der Waals surface area contributed by atoms with E-state index in [-0.39, 0.29) is 0 Å². The molecule has 0 spiro atoms. The van der Waals surface area contributed by atoms with Gasteiger partial charge in [-0.1, -0.05) is 121 Å². The van der Waals surface area contributed by atoms with Crippen molar-refractivity contribution in [3.8, 4) is 39.9 Å². The Morgan fingerprint density at radius 1 is 0.304 bits per heavy atom. The first-order chi connectivity index (χ1) is 27.7. The van der Waals surface area contributed by atoms with Crippen molar-refractivity contribution in [2.24, 2.45) is 0 Å². The van der Waals surface area contributed by atoms with Crippen molar-refractivity contribution in [2.45, 2.75) is 0 Å². The van der Waals surface area contributed by atoms with E-state index in [1.807, 2.05) is 60.7 Å². The van der Waals surface area contributed by atoms with Gasteiger partial charge in [-0.25, -0.2) is 15.0 Å². The van der Waals surface area contributed by atoms with Crippen LogP contribution in [0.15, 0.2) is 186 Å². The molecule has 0 N–H and O–H groups in total. The van der Waals surface area contributed by atoms with E-state index in [0.717, 1.165) is 60.7 Å². The maximum absolute atomic E-state index is 6.14. The van der Waals surface area contributed by atoms with Crippen LogP contribution >= 0.6 is 0 Å². The SMILES string of the molecule is c1ccc(-c2nc(-c3ccc4oc5ccccc5c4c3)nc(-c3ccc4c(c3)c3ccccc3n4-c3ccc4c5ccccc5c5ccccc5c4c3)n2)cc1. The second-order valence-electron chi connectivity index (χ2n) is 14.4. The van der Waals surface area contributed by atoms with E-state index in [1.165, 1.54) is 37.7 Å². The lowest BCUT2D eigenvalue weighted by Crippen LogP contribution is -2.00. The topological polar surface area (TPSA) is 56.7 Å². The van der Waals surface area contributed by atoms with Gasteiger partial charge in [0.2, 0.25) is 0 Å². The smallest absolute Gasteiger partial charge is 0.164 e. The van der Waals surface area contributed by atoms with Gasteiger partial charge in [0.05, 0.1) is 11.0 Å². The van der Waals surface area contributed by atoms with Gasteiger partial charge >= 0.3 is 0 Å². The molecule has 5 nitrogen and oxygen atoms in total. The molecule has 0 aliphatic carbocycles. The number of aromatic nitrogens is 4. The molecule has 12 rings (SSSR count). The van der Waals surface area contributed by atoms with Crippen molar-refractivity contribution in [2.75, 3.05) is 0 Å². The second-order valence-corrected chi connectivity index (χ2v) is 14.4. The van der Waals surface area contributed by atoms with Gasteiger partial charge in [0.15, 0.2) is 17.5 Å². The molecule has 12 aromatic rings. The van der Waals surface area contributed by atoms with Gasteiger partial charge in [0, 0.05) is 43.9 Å². The monoisotopic (exact) mass is 714 g/mol. The number of hydrogen-bond donors (Lipinski definition) is 0. The molecule has 0 aliphatic rings. The van der Waals surface area contributed by atoms with Gasteiger partial charge in [0.1, 0.15) is 11.2 Å². The molecular weight excluding hydrogens is 685 g/mol. The third-order valence-electron chi connectivity index (χ3n) is 11.2. The van der Waals surface area contributed by atoms with E-state index >= 15 is 0 Å². The van der Waals surface area contributed by atoms with Gasteiger partial charge < -0.3 is 8.98 Å². The van der Waals surface area contributed by atoms with Crippen molar-refractivity contribution < 1.29 is 4.42 Å². The number of para-hydroxylation sites is 2. The molecule has 56 heavy (non-hydrogen) atoms. The van der Waals surface area contributed by atoms with Crippen LogP contribution < -0.4 is 0 Å². The van der Waals surface area contributed by atoms with Gasteiger partial charge in [-0.05, 0) is 93.0 Å². The molecule has 0 amide bonds. The highest BCUT2D eigenvalue weighted by atomic mass is 16.3. The zero-order valence-corrected chi connectivity index (χ0v) is 30.0. The lowest BCUT2D eigenvalue weighted by atomic mass is 9.94. The molecular formula is C51H30N4O. The maximum atomic E-state index is 6.14. The average Bonchev–Trinajstić information content (AvgIpc) is 3.81. The van der Waals surface area contributed by atoms with Gasteiger partial charge in [-0.3, -0.25) is 0 Å². The van der Waals surface area contributed by atoms with E-state index in [9.17, 15) is 0 Å². The third kappa shape index (κ3) is 4.64. The number of furan rings is 1. The van der Waals surface area contributed by atoms with E-state index in [2.05, 4.69) is 126 Å². The summed E-state index contributed by atoms with van der Waals surface area (Å²) in [5.41, 5.74) is 7.84. The second kappa shape index (κ2) is 11.9. The van der Waals surface area contributed by atoms with Crippen LogP contribution in [0.3, 0.4) is 0 Å². The Balaban J connectivity index is 1.06. The number of benzene rings is 9. The summed E-state index contributed by atoms with van der Waals surface area (Å²) in [6.07, 6.45) is 0. The fourth-order valence-corrected chi connectivity index (χ4v) is 8.64. The van der Waals surface area contributed by atoms with Gasteiger partial charge in [-0.15, -0.1) is 0 Å². The molecule has 3 aromatic heterocycles. The highest BCUT2D eigenvalue weighted by molar-refractivity contribution is 6.25. The summed E-state index contributed by atoms with van der Waals surface area (Å²) >= 11 is 0. The first kappa shape index (κ1) is 30.8. The summed E-state index contributed by atoms with van der Waals surface area (Å²) in [6.45, 7) is 0. The lowest BCUT2D eigenvalue weighted by Gasteiger charge is -2.14. The molecule has 0 unspecified atom stereocenters. The highest BCUT2D eigenvalue weighted by Gasteiger charge is 2.18. The molecule has 5 heteroatoms. The summed E-state index contributed by atoms with van der Waals surface area (Å²) < 4.78 is 8.53. The van der Waals surface area contributed by atoms with Crippen molar-refractivity contribution in [1.82, 2.24) is 19.5 Å². The summed E-state index contributed by atoms with van der Waals surface area (Å²) in [5.74, 6) is 1.86. The summed E-state index contributed by atoms with van der Waals surface area (Å²) in [7, 11) is 0. The van der Waals surface area contributed by atoms with Gasteiger partial charge in [-0.2, -0.15) is 0 Å². The standard InChI is InChI=1S/C51H30N4O/c1-2-12-31(13-3-1)49-52-50(54-51(53-49)33-23-27-48-44(29-33)41-19-9-11-21-47(41)56-48)32-22-26-46-43(28-32)40-18-8-10-20-45(40)55(46)34-24-25-39-37-16-5-4-14-35(37)36-15-6-7-17-38(36)42(39)30-34/h1-30H. The number of rotatable bonds is 4. The van der Waals surface area contributed by atoms with Crippen LogP contribution in [0.2, 0.25) is 0 Å². The molecule has 0 radical (unpaired) electrons. The highest BCUT2D eigenvalue weighted by Crippen LogP contribution is 2.40. The molecule has 3 heterocycles. The third-order valence-corrected chi connectivity index (χ3v) is 11.2. The quantitative estimate of drug-likeness (QED) is 0.170. The summed E-state index contributed by atoms with van der Waals surface area (Å²) in [4.78, 5) is 15.3. The Kier molecular flexibility index (Phi) is 6.56. The normalized spacial score (nSPS) is 11.9. The fraction of sp³-hybridized carbons (Fsp3) is 0. The predicted octanol–water partition coefficient (Wildman–Crippen LogP) is 13.3. The Bertz CT molecular complexity index is 3510. The summed E-state index contributed by atoms with van der Waals surface area (Å²) in [6, 6.07) is 64.0. The van der Waals surface area contributed by atoms with Crippen LogP contribution in [0.5, 0.6) is 0 Å². The van der Waals surface area contributed by atoms with E-state index < -0.39 is 0 Å². The van der Waals surface area contributed by atoms with Crippen LogP contribution in [0.1, 0.15) is 0 Å². The van der Waals surface area contributed by atoms with E-state index in [0.29, 0.717) is 17.5 Å². The van der Waals surface area contributed by atoms with Gasteiger partial charge in [0.25, 0.3) is 0 Å². The number of hydrogen-bond acceptors (Lipinski definition) is 4. The minimum absolute atomic E-state index is 0.611. The molecule has 0 fully saturated rings. The van der Waals surface area contributed by atoms with Crippen molar-refractivity contribution in [1.29, 1.82) is 0 Å². The predicted molar refractivity (Wildman–Crippen MR) is 230 cm³/mol. The Morgan fingerprint density at radius 3 is 1.52 bits per heavy atom. The minimum atomic E-state index is 0.611. The maximum Gasteiger partial charge on any atom is 0.164 e. The zero-order valence-electron chi connectivity index (χ0n) is 30.0. The van der Waals surface area contributed by atoms with Crippen LogP contribution in [0, 0.1) is 0 Å². The fourth-order valence-electron chi connectivity index (χ4n) is 8.64. The van der Waals surface area contributed by atoms with E-state index in [1.54, 1.807) is 0 Å². The molecule has 0 saturated heterocycles. The molecule has 9 aromatic carbocycles. The van der Waals surface area contributed by atoms with Crippen LogP contribution in [0.4, 0.5) is 0 Å². The Hall–Kier alpha value is -7.63. The molecule has 0 saturated carbocycles. The molecule has 0 aliphatic heterocycles. The Labute approximate surface area is 320 Å². The first-order valence-corrected chi connectivity index (χ1v) is 18.9.